The molecule has 0 unspecified atom stereocenters. The molecule has 3 rings (SSSR count). The van der Waals surface area contributed by atoms with Crippen molar-refractivity contribution in [3.63, 3.8) is 0 Å². The van der Waals surface area contributed by atoms with Gasteiger partial charge in [-0.05, 0) is 55.7 Å². The van der Waals surface area contributed by atoms with Crippen molar-refractivity contribution in [1.29, 1.82) is 0 Å². The molecule has 154 valence electrons. The lowest BCUT2D eigenvalue weighted by Gasteiger charge is -2.31. The number of sulfonamides is 1. The first-order chi connectivity index (χ1) is 13.8. The molecular weight excluding hydrogens is 397 g/mol. The number of aryl methyl sites for hydroxylation is 1. The minimum Gasteiger partial charge on any atom is -0.273 e. The fourth-order valence-corrected chi connectivity index (χ4v) is 4.77. The van der Waals surface area contributed by atoms with Gasteiger partial charge in [0.05, 0.1) is 10.8 Å². The summed E-state index contributed by atoms with van der Waals surface area (Å²) in [5, 5.41) is 0. The molecule has 2 aromatic carbocycles. The molecule has 2 N–H and O–H groups in total. The molecule has 0 bridgehead atoms. The largest absolute Gasteiger partial charge is 0.273 e. The van der Waals surface area contributed by atoms with E-state index in [9.17, 15) is 22.4 Å². The van der Waals surface area contributed by atoms with Crippen LogP contribution in [0.1, 0.15) is 28.8 Å². The maximum atomic E-state index is 13.1. The van der Waals surface area contributed by atoms with E-state index in [1.807, 2.05) is 6.07 Å². The number of hydrazine groups is 1. The topological polar surface area (TPSA) is 95.6 Å². The molecule has 0 radical (unpaired) electrons. The number of hydrogen-bond donors (Lipinski definition) is 2. The quantitative estimate of drug-likeness (QED) is 0.741. The van der Waals surface area contributed by atoms with Crippen molar-refractivity contribution in [2.24, 2.45) is 5.92 Å². The van der Waals surface area contributed by atoms with Gasteiger partial charge in [0.1, 0.15) is 5.82 Å². The molecule has 9 heteroatoms. The first kappa shape index (κ1) is 20.9. The smallest absolute Gasteiger partial charge is 0.269 e. The lowest BCUT2D eigenvalue weighted by atomic mass is 9.99. The summed E-state index contributed by atoms with van der Waals surface area (Å²) in [6.07, 6.45) is 1.01. The molecule has 2 amide bonds. The van der Waals surface area contributed by atoms with Crippen LogP contribution in [-0.4, -0.2) is 37.6 Å². The second-order valence-electron chi connectivity index (χ2n) is 6.91. The molecule has 1 aliphatic heterocycles. The number of benzene rings is 2. The molecule has 1 saturated heterocycles. The molecule has 0 spiro atoms. The minimum absolute atomic E-state index is 0.00816. The maximum Gasteiger partial charge on any atom is 0.269 e. The van der Waals surface area contributed by atoms with E-state index >= 15 is 0 Å². The van der Waals surface area contributed by atoms with E-state index in [0.717, 1.165) is 17.7 Å². The number of nitrogens with one attached hydrogen (secondary N) is 2. The van der Waals surface area contributed by atoms with Crippen LogP contribution in [0, 0.1) is 18.7 Å². The van der Waals surface area contributed by atoms with Crippen LogP contribution in [-0.2, 0) is 14.8 Å². The summed E-state index contributed by atoms with van der Waals surface area (Å²) in [5.74, 6) is -2.02. The van der Waals surface area contributed by atoms with Gasteiger partial charge in [-0.2, -0.15) is 4.31 Å². The standard InChI is InChI=1S/C20H22FN3O4S/c1-14-5-2-3-7-18(14)20(26)23-22-19(25)15-6-4-12-24(13-15)29(27,28)17-10-8-16(21)9-11-17/h2-3,5,7-11,15H,4,6,12-13H2,1H3,(H,22,25)(H,23,26)/t15-/m0/s1. The minimum atomic E-state index is -3.83. The van der Waals surface area contributed by atoms with Gasteiger partial charge in [-0.3, -0.25) is 20.4 Å². The molecule has 0 saturated carbocycles. The number of piperidine rings is 1. The molecule has 0 aliphatic carbocycles. The summed E-state index contributed by atoms with van der Waals surface area (Å²) < 4.78 is 39.8. The Labute approximate surface area is 168 Å². The van der Waals surface area contributed by atoms with Gasteiger partial charge in [0, 0.05) is 18.7 Å². The monoisotopic (exact) mass is 419 g/mol. The van der Waals surface area contributed by atoms with Crippen molar-refractivity contribution in [3.05, 3.63) is 65.5 Å². The Hall–Kier alpha value is -2.78. The van der Waals surface area contributed by atoms with E-state index < -0.39 is 33.6 Å². The van der Waals surface area contributed by atoms with Gasteiger partial charge in [0.25, 0.3) is 5.91 Å². The second-order valence-corrected chi connectivity index (χ2v) is 8.85. The molecule has 1 atom stereocenters. The first-order valence-electron chi connectivity index (χ1n) is 9.20. The van der Waals surface area contributed by atoms with Crippen LogP contribution in [0.4, 0.5) is 4.39 Å². The summed E-state index contributed by atoms with van der Waals surface area (Å²) in [4.78, 5) is 24.7. The number of hydrogen-bond acceptors (Lipinski definition) is 4. The van der Waals surface area contributed by atoms with Gasteiger partial charge < -0.3 is 0 Å². The third-order valence-corrected chi connectivity index (χ3v) is 6.77. The van der Waals surface area contributed by atoms with Crippen molar-refractivity contribution in [1.82, 2.24) is 15.2 Å². The number of nitrogens with zero attached hydrogens (tertiary/aromatic N) is 1. The highest BCUT2D eigenvalue weighted by Gasteiger charge is 2.33. The lowest BCUT2D eigenvalue weighted by molar-refractivity contribution is -0.126. The van der Waals surface area contributed by atoms with E-state index in [4.69, 9.17) is 0 Å². The van der Waals surface area contributed by atoms with Crippen LogP contribution in [0.25, 0.3) is 0 Å². The van der Waals surface area contributed by atoms with Crippen LogP contribution < -0.4 is 10.9 Å². The predicted molar refractivity (Wildman–Crippen MR) is 105 cm³/mol. The maximum absolute atomic E-state index is 13.1. The number of carbonyl (C=O) groups is 2. The molecule has 0 aromatic heterocycles. The highest BCUT2D eigenvalue weighted by atomic mass is 32.2. The van der Waals surface area contributed by atoms with E-state index in [1.165, 1.54) is 16.4 Å². The molecule has 1 heterocycles. The van der Waals surface area contributed by atoms with E-state index in [-0.39, 0.29) is 18.0 Å². The van der Waals surface area contributed by atoms with Crippen molar-refractivity contribution in [2.75, 3.05) is 13.1 Å². The van der Waals surface area contributed by atoms with Crippen LogP contribution in [0.5, 0.6) is 0 Å². The van der Waals surface area contributed by atoms with Crippen molar-refractivity contribution >= 4 is 21.8 Å². The SMILES string of the molecule is Cc1ccccc1C(=O)NNC(=O)[C@H]1CCCN(S(=O)(=O)c2ccc(F)cc2)C1. The van der Waals surface area contributed by atoms with Gasteiger partial charge >= 0.3 is 0 Å². The average Bonchev–Trinajstić information content (AvgIpc) is 2.72. The Bertz CT molecular complexity index is 1010. The Morgan fingerprint density at radius 3 is 2.45 bits per heavy atom. The van der Waals surface area contributed by atoms with Crippen LogP contribution >= 0.6 is 0 Å². The number of amides is 2. The normalized spacial score (nSPS) is 17.5. The average molecular weight is 419 g/mol. The Kier molecular flexibility index (Phi) is 6.29. The number of halogens is 1. The zero-order valence-corrected chi connectivity index (χ0v) is 16.7. The van der Waals surface area contributed by atoms with Gasteiger partial charge in [-0.25, -0.2) is 12.8 Å². The fraction of sp³-hybridized carbons (Fsp3) is 0.300. The van der Waals surface area contributed by atoms with Gasteiger partial charge in [-0.1, -0.05) is 18.2 Å². The van der Waals surface area contributed by atoms with Gasteiger partial charge in [-0.15, -0.1) is 0 Å². The van der Waals surface area contributed by atoms with E-state index in [2.05, 4.69) is 10.9 Å². The third kappa shape index (κ3) is 4.80. The summed E-state index contributed by atoms with van der Waals surface area (Å²) in [6.45, 7) is 2.06. The number of rotatable bonds is 4. The van der Waals surface area contributed by atoms with E-state index in [0.29, 0.717) is 18.4 Å². The van der Waals surface area contributed by atoms with Gasteiger partial charge in [0.2, 0.25) is 15.9 Å². The second kappa shape index (κ2) is 8.71. The van der Waals surface area contributed by atoms with Crippen LogP contribution in [0.2, 0.25) is 0 Å². The van der Waals surface area contributed by atoms with E-state index in [1.54, 1.807) is 25.1 Å². The first-order valence-corrected chi connectivity index (χ1v) is 10.6. The third-order valence-electron chi connectivity index (χ3n) is 4.90. The molecule has 2 aromatic rings. The van der Waals surface area contributed by atoms with Crippen molar-refractivity contribution in [3.8, 4) is 0 Å². The van der Waals surface area contributed by atoms with Crippen LogP contribution in [0.15, 0.2) is 53.4 Å². The number of carbonyl (C=O) groups excluding carboxylic acids is 2. The molecule has 1 aliphatic rings. The Morgan fingerprint density at radius 1 is 1.07 bits per heavy atom. The zero-order chi connectivity index (χ0) is 21.0. The molecule has 7 nitrogen and oxygen atoms in total. The fourth-order valence-electron chi connectivity index (χ4n) is 3.25. The Morgan fingerprint density at radius 2 is 1.76 bits per heavy atom. The zero-order valence-electron chi connectivity index (χ0n) is 15.9. The highest BCUT2D eigenvalue weighted by Crippen LogP contribution is 2.24. The molecular formula is C20H22FN3O4S. The lowest BCUT2D eigenvalue weighted by Crippen LogP contribution is -2.50. The summed E-state index contributed by atoms with van der Waals surface area (Å²) >= 11 is 0. The summed E-state index contributed by atoms with van der Waals surface area (Å²) in [5.41, 5.74) is 5.98. The van der Waals surface area contributed by atoms with Gasteiger partial charge in [0.15, 0.2) is 0 Å². The van der Waals surface area contributed by atoms with Crippen molar-refractivity contribution < 1.29 is 22.4 Å². The highest BCUT2D eigenvalue weighted by molar-refractivity contribution is 7.89. The van der Waals surface area contributed by atoms with Crippen molar-refractivity contribution in [2.45, 2.75) is 24.7 Å². The molecule has 1 fully saturated rings. The Balaban J connectivity index is 1.63. The summed E-state index contributed by atoms with van der Waals surface area (Å²) in [7, 11) is -3.83. The molecule has 29 heavy (non-hydrogen) atoms. The predicted octanol–water partition coefficient (Wildman–Crippen LogP) is 2.00. The summed E-state index contributed by atoms with van der Waals surface area (Å²) in [6, 6.07) is 11.5. The van der Waals surface area contributed by atoms with Crippen LogP contribution in [0.3, 0.4) is 0 Å².